The molecule has 2 nitrogen and oxygen atoms in total. The Bertz CT molecular complexity index is 544. The van der Waals surface area contributed by atoms with Crippen LogP contribution in [0, 0.1) is 41.4 Å². The van der Waals surface area contributed by atoms with Crippen LogP contribution in [0.25, 0.3) is 0 Å². The van der Waals surface area contributed by atoms with Crippen LogP contribution in [-0.4, -0.2) is 19.5 Å². The van der Waals surface area contributed by atoms with Gasteiger partial charge in [-0.15, -0.1) is 0 Å². The summed E-state index contributed by atoms with van der Waals surface area (Å²) in [4.78, 5) is 0. The fraction of sp³-hybridized carbons (Fsp3) is 0.926. The maximum atomic E-state index is 12.5. The second-order valence-electron chi connectivity index (χ2n) is 11.1. The highest BCUT2D eigenvalue weighted by molar-refractivity contribution is 4.93. The van der Waals surface area contributed by atoms with Crippen LogP contribution in [-0.2, 0) is 9.47 Å². The summed E-state index contributed by atoms with van der Waals surface area (Å²) in [6, 6.07) is 0. The summed E-state index contributed by atoms with van der Waals surface area (Å²) in [5.74, 6) is 5.07. The number of rotatable bonds is 6. The maximum absolute atomic E-state index is 12.5. The number of halogens is 2. The fourth-order valence-corrected chi connectivity index (χ4v) is 7.37. The van der Waals surface area contributed by atoms with Gasteiger partial charge < -0.3 is 9.47 Å². The molecule has 0 spiro atoms. The van der Waals surface area contributed by atoms with Gasteiger partial charge >= 0.3 is 0 Å². The van der Waals surface area contributed by atoms with Crippen LogP contribution >= 0.6 is 0 Å². The first kappa shape index (κ1) is 23.7. The Hall–Kier alpha value is -0.480. The second kappa shape index (κ2) is 11.6. The molecule has 0 unspecified atom stereocenters. The summed E-state index contributed by atoms with van der Waals surface area (Å²) in [5, 5.41) is 0. The van der Waals surface area contributed by atoms with Gasteiger partial charge in [0.1, 0.15) is 0 Å². The van der Waals surface area contributed by atoms with Crippen molar-refractivity contribution < 1.29 is 18.3 Å². The maximum Gasteiger partial charge on any atom is 0.266 e. The predicted octanol–water partition coefficient (Wildman–Crippen LogP) is 7.98. The van der Waals surface area contributed by atoms with Gasteiger partial charge in [-0.1, -0.05) is 13.3 Å². The highest BCUT2D eigenvalue weighted by atomic mass is 19.3. The Kier molecular flexibility index (Phi) is 8.85. The molecule has 4 heteroatoms. The lowest BCUT2D eigenvalue weighted by Crippen LogP contribution is -2.38. The van der Waals surface area contributed by atoms with Gasteiger partial charge in [0.15, 0.2) is 6.29 Å². The lowest BCUT2D eigenvalue weighted by Gasteiger charge is -2.42. The van der Waals surface area contributed by atoms with Crippen molar-refractivity contribution in [2.24, 2.45) is 41.4 Å². The minimum Gasteiger partial charge on any atom is -0.352 e. The molecule has 0 aromatic carbocycles. The molecule has 178 valence electrons. The largest absolute Gasteiger partial charge is 0.352 e. The van der Waals surface area contributed by atoms with Crippen molar-refractivity contribution in [3.05, 3.63) is 12.2 Å². The van der Waals surface area contributed by atoms with E-state index in [9.17, 15) is 8.78 Å². The van der Waals surface area contributed by atoms with E-state index in [0.717, 1.165) is 68.5 Å². The third kappa shape index (κ3) is 6.53. The number of hydrogen-bond donors (Lipinski definition) is 0. The molecule has 31 heavy (non-hydrogen) atoms. The first-order valence-corrected chi connectivity index (χ1v) is 13.4. The number of allylic oxidation sites excluding steroid dienone is 1. The quantitative estimate of drug-likeness (QED) is 0.418. The lowest BCUT2D eigenvalue weighted by molar-refractivity contribution is -0.212. The van der Waals surface area contributed by atoms with Crippen LogP contribution in [0.2, 0.25) is 0 Å². The van der Waals surface area contributed by atoms with E-state index in [2.05, 4.69) is 6.92 Å². The number of ether oxygens (including phenoxy) is 2. The van der Waals surface area contributed by atoms with Crippen molar-refractivity contribution >= 4 is 0 Å². The predicted molar refractivity (Wildman–Crippen MR) is 121 cm³/mol. The summed E-state index contributed by atoms with van der Waals surface area (Å²) < 4.78 is 36.9. The molecular weight excluding hydrogens is 394 g/mol. The van der Waals surface area contributed by atoms with E-state index >= 15 is 0 Å². The normalized spacial score (nSPS) is 42.2. The summed E-state index contributed by atoms with van der Waals surface area (Å²) in [5.41, 5.74) is 0. The molecule has 3 saturated carbocycles. The standard InChI is InChI=1S/C27H44F2O2/c1-2-3-27-30-17-25(18-31-27)24-14-12-23(13-15-24)22-10-8-21(9-11-22)20-6-4-19(5-7-20)16-26(28)29/h16,19-25,27H,2-15,17-18H2,1H3. The molecular formula is C27H44F2O2. The number of hydrogen-bond acceptors (Lipinski definition) is 2. The molecule has 0 bridgehead atoms. The SMILES string of the molecule is CCCC1OCC(C2CCC(C3CCC(C4CCC(C=C(F)F)CC4)CC3)CC2)CO1. The summed E-state index contributed by atoms with van der Waals surface area (Å²) in [6.07, 6.45) is 17.3. The highest BCUT2D eigenvalue weighted by Gasteiger charge is 2.37. The van der Waals surface area contributed by atoms with Gasteiger partial charge in [0, 0.05) is 5.92 Å². The van der Waals surface area contributed by atoms with E-state index < -0.39 is 6.08 Å². The van der Waals surface area contributed by atoms with Crippen molar-refractivity contribution in [2.75, 3.05) is 13.2 Å². The molecule has 3 aliphatic carbocycles. The van der Waals surface area contributed by atoms with Crippen LogP contribution in [0.3, 0.4) is 0 Å². The summed E-state index contributed by atoms with van der Waals surface area (Å²) in [6.45, 7) is 4.00. The molecule has 0 aromatic rings. The summed E-state index contributed by atoms with van der Waals surface area (Å²) >= 11 is 0. The zero-order chi connectivity index (χ0) is 21.6. The highest BCUT2D eigenvalue weighted by Crippen LogP contribution is 2.47. The van der Waals surface area contributed by atoms with E-state index in [-0.39, 0.29) is 12.2 Å². The fourth-order valence-electron chi connectivity index (χ4n) is 7.37. The van der Waals surface area contributed by atoms with Gasteiger partial charge in [-0.05, 0) is 125 Å². The second-order valence-corrected chi connectivity index (χ2v) is 11.1. The zero-order valence-corrected chi connectivity index (χ0v) is 19.6. The van der Waals surface area contributed by atoms with Crippen molar-refractivity contribution in [3.8, 4) is 0 Å². The molecule has 4 aliphatic rings. The van der Waals surface area contributed by atoms with Crippen molar-refractivity contribution in [1.82, 2.24) is 0 Å². The molecule has 1 heterocycles. The van der Waals surface area contributed by atoms with Crippen molar-refractivity contribution in [3.63, 3.8) is 0 Å². The Morgan fingerprint density at radius 1 is 0.645 bits per heavy atom. The minimum absolute atomic E-state index is 0.0455. The van der Waals surface area contributed by atoms with E-state index in [1.165, 1.54) is 70.3 Å². The van der Waals surface area contributed by atoms with Crippen LogP contribution in [0.5, 0.6) is 0 Å². The van der Waals surface area contributed by atoms with Gasteiger partial charge in [-0.2, -0.15) is 8.78 Å². The van der Waals surface area contributed by atoms with Crippen molar-refractivity contribution in [1.29, 1.82) is 0 Å². The van der Waals surface area contributed by atoms with Gasteiger partial charge in [-0.3, -0.25) is 0 Å². The first-order valence-electron chi connectivity index (χ1n) is 13.4. The monoisotopic (exact) mass is 438 g/mol. The van der Waals surface area contributed by atoms with E-state index in [0.29, 0.717) is 5.92 Å². The molecule has 1 aliphatic heterocycles. The van der Waals surface area contributed by atoms with Gasteiger partial charge in [0.25, 0.3) is 6.08 Å². The zero-order valence-electron chi connectivity index (χ0n) is 19.6. The average Bonchev–Trinajstić information content (AvgIpc) is 2.80. The van der Waals surface area contributed by atoms with Crippen LogP contribution in [0.15, 0.2) is 12.2 Å². The van der Waals surface area contributed by atoms with Crippen LogP contribution < -0.4 is 0 Å². The Morgan fingerprint density at radius 2 is 1.03 bits per heavy atom. The molecule has 0 atom stereocenters. The Morgan fingerprint density at radius 3 is 1.42 bits per heavy atom. The van der Waals surface area contributed by atoms with Gasteiger partial charge in [-0.25, -0.2) is 0 Å². The minimum atomic E-state index is -1.48. The third-order valence-corrected chi connectivity index (χ3v) is 9.33. The van der Waals surface area contributed by atoms with Gasteiger partial charge in [0.2, 0.25) is 0 Å². The average molecular weight is 439 g/mol. The molecule has 0 radical (unpaired) electrons. The smallest absolute Gasteiger partial charge is 0.266 e. The van der Waals surface area contributed by atoms with Gasteiger partial charge in [0.05, 0.1) is 13.2 Å². The van der Waals surface area contributed by atoms with Crippen molar-refractivity contribution in [2.45, 2.75) is 103 Å². The molecule has 0 amide bonds. The Labute approximate surface area is 188 Å². The van der Waals surface area contributed by atoms with Crippen LogP contribution in [0.4, 0.5) is 8.78 Å². The van der Waals surface area contributed by atoms with Crippen LogP contribution in [0.1, 0.15) is 96.8 Å². The lowest BCUT2D eigenvalue weighted by atomic mass is 9.64. The molecule has 0 N–H and O–H groups in total. The molecule has 0 aromatic heterocycles. The molecule has 4 rings (SSSR count). The molecule has 4 fully saturated rings. The first-order chi connectivity index (χ1) is 15.1. The van der Waals surface area contributed by atoms with E-state index in [1.807, 2.05) is 0 Å². The third-order valence-electron chi connectivity index (χ3n) is 9.33. The Balaban J connectivity index is 1.14. The topological polar surface area (TPSA) is 18.5 Å². The summed E-state index contributed by atoms with van der Waals surface area (Å²) in [7, 11) is 0. The van der Waals surface area contributed by atoms with E-state index in [1.54, 1.807) is 0 Å². The van der Waals surface area contributed by atoms with E-state index in [4.69, 9.17) is 9.47 Å². The molecule has 1 saturated heterocycles.